The fourth-order valence-corrected chi connectivity index (χ4v) is 3.06. The van der Waals surface area contributed by atoms with Gasteiger partial charge in [0.1, 0.15) is 5.70 Å². The van der Waals surface area contributed by atoms with Gasteiger partial charge in [0, 0.05) is 5.56 Å². The Morgan fingerprint density at radius 1 is 0.938 bits per heavy atom. The molecule has 3 aromatic rings. The molecule has 0 saturated heterocycles. The van der Waals surface area contributed by atoms with Gasteiger partial charge in [0.15, 0.2) is 11.5 Å². The lowest BCUT2D eigenvalue weighted by atomic mass is 10.1. The zero-order chi connectivity index (χ0) is 22.3. The average Bonchev–Trinajstić information content (AvgIpc) is 3.28. The van der Waals surface area contributed by atoms with Crippen molar-refractivity contribution >= 4 is 24.1 Å². The monoisotopic (exact) mass is 427 g/mol. The SMILES string of the molecule is Cc1ccccc1C=NNC(=O)C(=Cc1ccc2c(c1)OCO2)NC(=O)c1ccccc1. The number of fused-ring (bicyclic) bond motifs is 1. The number of hydrogen-bond donors (Lipinski definition) is 2. The van der Waals surface area contributed by atoms with E-state index in [9.17, 15) is 9.59 Å². The summed E-state index contributed by atoms with van der Waals surface area (Å²) < 4.78 is 10.7. The van der Waals surface area contributed by atoms with Crippen molar-refractivity contribution < 1.29 is 19.1 Å². The molecule has 0 saturated carbocycles. The first-order valence-corrected chi connectivity index (χ1v) is 9.97. The lowest BCUT2D eigenvalue weighted by molar-refractivity contribution is -0.117. The van der Waals surface area contributed by atoms with Crippen LogP contribution in [0.5, 0.6) is 11.5 Å². The van der Waals surface area contributed by atoms with Gasteiger partial charge in [-0.15, -0.1) is 0 Å². The number of ether oxygens (including phenoxy) is 2. The van der Waals surface area contributed by atoms with Crippen LogP contribution in [0.4, 0.5) is 0 Å². The average molecular weight is 427 g/mol. The molecule has 0 aliphatic carbocycles. The fourth-order valence-electron chi connectivity index (χ4n) is 3.06. The Balaban J connectivity index is 1.57. The van der Waals surface area contributed by atoms with Crippen LogP contribution in [0.1, 0.15) is 27.0 Å². The van der Waals surface area contributed by atoms with Gasteiger partial charge in [-0.1, -0.05) is 48.5 Å². The molecular weight excluding hydrogens is 406 g/mol. The van der Waals surface area contributed by atoms with Crippen molar-refractivity contribution in [2.75, 3.05) is 6.79 Å². The van der Waals surface area contributed by atoms with Crippen LogP contribution in [0.2, 0.25) is 0 Å². The highest BCUT2D eigenvalue weighted by atomic mass is 16.7. The number of hydrazone groups is 1. The Hall–Kier alpha value is -4.39. The first kappa shape index (κ1) is 20.9. The van der Waals surface area contributed by atoms with E-state index in [4.69, 9.17) is 9.47 Å². The quantitative estimate of drug-likeness (QED) is 0.357. The van der Waals surface area contributed by atoms with Gasteiger partial charge in [0.2, 0.25) is 6.79 Å². The van der Waals surface area contributed by atoms with Gasteiger partial charge in [0.05, 0.1) is 6.21 Å². The summed E-state index contributed by atoms with van der Waals surface area (Å²) in [4.78, 5) is 25.5. The second-order valence-electron chi connectivity index (χ2n) is 7.05. The molecule has 0 atom stereocenters. The van der Waals surface area contributed by atoms with Gasteiger partial charge in [-0.3, -0.25) is 9.59 Å². The maximum Gasteiger partial charge on any atom is 0.287 e. The normalized spacial score (nSPS) is 12.6. The molecule has 0 spiro atoms. The van der Waals surface area contributed by atoms with E-state index in [2.05, 4.69) is 15.8 Å². The number of carbonyl (C=O) groups excluding carboxylic acids is 2. The third kappa shape index (κ3) is 5.02. The molecule has 0 fully saturated rings. The van der Waals surface area contributed by atoms with E-state index in [1.807, 2.05) is 37.3 Å². The van der Waals surface area contributed by atoms with Crippen LogP contribution in [0.15, 0.2) is 83.6 Å². The first-order valence-electron chi connectivity index (χ1n) is 9.97. The van der Waals surface area contributed by atoms with Crippen LogP contribution in [-0.4, -0.2) is 24.8 Å². The zero-order valence-corrected chi connectivity index (χ0v) is 17.4. The maximum atomic E-state index is 12.9. The molecule has 1 aliphatic rings. The maximum absolute atomic E-state index is 12.9. The van der Waals surface area contributed by atoms with Crippen LogP contribution in [0.3, 0.4) is 0 Å². The van der Waals surface area contributed by atoms with Crippen molar-refractivity contribution in [3.05, 3.63) is 101 Å². The van der Waals surface area contributed by atoms with Gasteiger partial charge >= 0.3 is 0 Å². The third-order valence-electron chi connectivity index (χ3n) is 4.79. The summed E-state index contributed by atoms with van der Waals surface area (Å²) >= 11 is 0. The van der Waals surface area contributed by atoms with Gasteiger partial charge in [0.25, 0.3) is 11.8 Å². The molecule has 160 valence electrons. The summed E-state index contributed by atoms with van der Waals surface area (Å²) in [6.45, 7) is 2.10. The molecule has 0 bridgehead atoms. The summed E-state index contributed by atoms with van der Waals surface area (Å²) in [6, 6.07) is 21.6. The van der Waals surface area contributed by atoms with Gasteiger partial charge in [-0.2, -0.15) is 5.10 Å². The Morgan fingerprint density at radius 3 is 2.50 bits per heavy atom. The van der Waals surface area contributed by atoms with E-state index in [1.165, 1.54) is 0 Å². The summed E-state index contributed by atoms with van der Waals surface area (Å²) in [7, 11) is 0. The Labute approximate surface area is 185 Å². The molecule has 3 aromatic carbocycles. The number of nitrogens with zero attached hydrogens (tertiary/aromatic N) is 1. The minimum absolute atomic E-state index is 0.0413. The number of nitrogens with one attached hydrogen (secondary N) is 2. The highest BCUT2D eigenvalue weighted by Crippen LogP contribution is 2.33. The second-order valence-corrected chi connectivity index (χ2v) is 7.05. The fraction of sp³-hybridized carbons (Fsp3) is 0.0800. The molecule has 0 aromatic heterocycles. The lowest BCUT2D eigenvalue weighted by Crippen LogP contribution is -2.32. The summed E-state index contributed by atoms with van der Waals surface area (Å²) in [5, 5.41) is 6.71. The van der Waals surface area contributed by atoms with Crippen LogP contribution >= 0.6 is 0 Å². The van der Waals surface area contributed by atoms with Crippen molar-refractivity contribution in [1.82, 2.24) is 10.7 Å². The zero-order valence-electron chi connectivity index (χ0n) is 17.4. The van der Waals surface area contributed by atoms with E-state index in [-0.39, 0.29) is 12.5 Å². The first-order chi connectivity index (χ1) is 15.6. The van der Waals surface area contributed by atoms with E-state index >= 15 is 0 Å². The number of aryl methyl sites for hydroxylation is 1. The summed E-state index contributed by atoms with van der Waals surface area (Å²) in [5.74, 6) is 0.238. The molecule has 7 nitrogen and oxygen atoms in total. The van der Waals surface area contributed by atoms with E-state index < -0.39 is 11.8 Å². The Kier molecular flexibility index (Phi) is 6.27. The lowest BCUT2D eigenvalue weighted by Gasteiger charge is -2.09. The molecule has 32 heavy (non-hydrogen) atoms. The predicted molar refractivity (Wildman–Crippen MR) is 121 cm³/mol. The Morgan fingerprint density at radius 2 is 1.69 bits per heavy atom. The number of benzene rings is 3. The number of carbonyl (C=O) groups is 2. The van der Waals surface area contributed by atoms with Crippen molar-refractivity contribution in [3.8, 4) is 11.5 Å². The van der Waals surface area contributed by atoms with Crippen molar-refractivity contribution in [3.63, 3.8) is 0 Å². The number of amides is 2. The Bertz CT molecular complexity index is 1200. The topological polar surface area (TPSA) is 89.0 Å². The molecule has 1 heterocycles. The smallest absolute Gasteiger partial charge is 0.287 e. The molecular formula is C25H21N3O4. The van der Waals surface area contributed by atoms with Crippen molar-refractivity contribution in [2.45, 2.75) is 6.92 Å². The van der Waals surface area contributed by atoms with Gasteiger partial charge < -0.3 is 14.8 Å². The molecule has 2 N–H and O–H groups in total. The number of rotatable bonds is 6. The van der Waals surface area contributed by atoms with E-state index in [0.717, 1.165) is 11.1 Å². The van der Waals surface area contributed by atoms with E-state index in [0.29, 0.717) is 22.6 Å². The third-order valence-corrected chi connectivity index (χ3v) is 4.79. The van der Waals surface area contributed by atoms with Crippen LogP contribution in [0, 0.1) is 6.92 Å². The highest BCUT2D eigenvalue weighted by molar-refractivity contribution is 6.05. The van der Waals surface area contributed by atoms with Gasteiger partial charge in [-0.25, -0.2) is 5.43 Å². The predicted octanol–water partition coefficient (Wildman–Crippen LogP) is 3.64. The van der Waals surface area contributed by atoms with Crippen molar-refractivity contribution in [2.24, 2.45) is 5.10 Å². The second kappa shape index (κ2) is 9.61. The van der Waals surface area contributed by atoms with Crippen molar-refractivity contribution in [1.29, 1.82) is 0 Å². The molecule has 4 rings (SSSR count). The molecule has 1 aliphatic heterocycles. The molecule has 2 amide bonds. The summed E-state index contributed by atoms with van der Waals surface area (Å²) in [6.07, 6.45) is 3.12. The largest absolute Gasteiger partial charge is 0.454 e. The van der Waals surface area contributed by atoms with Gasteiger partial charge in [-0.05, 0) is 54.0 Å². The van der Waals surface area contributed by atoms with E-state index in [1.54, 1.807) is 54.8 Å². The molecule has 7 heteroatoms. The summed E-state index contributed by atoms with van der Waals surface area (Å²) in [5.41, 5.74) is 5.52. The molecule has 0 radical (unpaired) electrons. The van der Waals surface area contributed by atoms with Crippen LogP contribution in [0.25, 0.3) is 6.08 Å². The minimum atomic E-state index is -0.559. The highest BCUT2D eigenvalue weighted by Gasteiger charge is 2.16. The number of hydrogen-bond acceptors (Lipinski definition) is 5. The van der Waals surface area contributed by atoms with Crippen LogP contribution < -0.4 is 20.2 Å². The van der Waals surface area contributed by atoms with Crippen LogP contribution in [-0.2, 0) is 4.79 Å². The minimum Gasteiger partial charge on any atom is -0.454 e. The standard InChI is InChI=1S/C25H21N3O4/c1-17-7-5-6-10-20(17)15-26-28-25(30)21(27-24(29)19-8-3-2-4-9-19)13-18-11-12-22-23(14-18)32-16-31-22/h2-15H,16H2,1H3,(H,27,29)(H,28,30). The molecule has 0 unspecified atom stereocenters.